The number of nitrogens with zero attached hydrogens (tertiary/aromatic N) is 2. The number of aryl methyl sites for hydroxylation is 1. The molecule has 1 fully saturated rings. The maximum Gasteiger partial charge on any atom is 0.129 e. The molecular weight excluding hydrogens is 226 g/mol. The van der Waals surface area contributed by atoms with Crippen molar-refractivity contribution in [2.45, 2.75) is 25.4 Å². The van der Waals surface area contributed by atoms with Crippen molar-refractivity contribution in [3.8, 4) is 16.9 Å². The maximum atomic E-state index is 5.98. The molecule has 0 radical (unpaired) electrons. The van der Waals surface area contributed by atoms with Crippen molar-refractivity contribution in [2.24, 2.45) is 7.05 Å². The summed E-state index contributed by atoms with van der Waals surface area (Å²) in [6.07, 6.45) is 5.79. The van der Waals surface area contributed by atoms with Crippen LogP contribution in [0.3, 0.4) is 0 Å². The minimum absolute atomic E-state index is 0.395. The molecule has 0 saturated heterocycles. The number of nitrogens with two attached hydrogens (primary N) is 1. The van der Waals surface area contributed by atoms with Crippen LogP contribution in [0.5, 0.6) is 5.75 Å². The fourth-order valence-electron chi connectivity index (χ4n) is 2.09. The molecule has 0 spiro atoms. The monoisotopic (exact) mass is 243 g/mol. The smallest absolute Gasteiger partial charge is 0.129 e. The van der Waals surface area contributed by atoms with Gasteiger partial charge in [0.15, 0.2) is 0 Å². The molecule has 1 saturated carbocycles. The Morgan fingerprint density at radius 1 is 1.39 bits per heavy atom. The molecule has 1 aromatic carbocycles. The molecule has 3 rings (SSSR count). The Morgan fingerprint density at radius 3 is 2.83 bits per heavy atom. The predicted octanol–water partition coefficient (Wildman–Crippen LogP) is 2.60. The zero-order chi connectivity index (χ0) is 12.5. The molecule has 4 nitrogen and oxygen atoms in total. The third-order valence-corrected chi connectivity index (χ3v) is 3.48. The van der Waals surface area contributed by atoms with Crippen LogP contribution in [-0.4, -0.2) is 15.9 Å². The van der Waals surface area contributed by atoms with Crippen molar-refractivity contribution in [3.05, 3.63) is 30.5 Å². The highest BCUT2D eigenvalue weighted by Gasteiger charge is 2.19. The first kappa shape index (κ1) is 11.1. The predicted molar refractivity (Wildman–Crippen MR) is 71.3 cm³/mol. The average Bonchev–Trinajstić information content (AvgIpc) is 2.66. The second-order valence-corrected chi connectivity index (χ2v) is 4.77. The molecule has 0 amide bonds. The summed E-state index contributed by atoms with van der Waals surface area (Å²) in [7, 11) is 1.84. The normalized spacial score (nSPS) is 15.4. The number of hydrogen-bond donors (Lipinski definition) is 1. The number of ether oxygens (including phenoxy) is 1. The first-order valence-corrected chi connectivity index (χ1v) is 6.28. The summed E-state index contributed by atoms with van der Waals surface area (Å²) in [4.78, 5) is 0. The molecule has 0 atom stereocenters. The average molecular weight is 243 g/mol. The number of rotatable bonds is 3. The van der Waals surface area contributed by atoms with Gasteiger partial charge in [0.2, 0.25) is 0 Å². The van der Waals surface area contributed by atoms with Gasteiger partial charge in [0, 0.05) is 12.6 Å². The Balaban J connectivity index is 1.88. The van der Waals surface area contributed by atoms with Gasteiger partial charge in [0.25, 0.3) is 0 Å². The molecule has 2 N–H and O–H groups in total. The largest absolute Gasteiger partial charge is 0.490 e. The third-order valence-electron chi connectivity index (χ3n) is 3.48. The lowest BCUT2D eigenvalue weighted by atomic mass is 9.96. The molecule has 18 heavy (non-hydrogen) atoms. The first-order valence-electron chi connectivity index (χ1n) is 6.28. The van der Waals surface area contributed by atoms with Gasteiger partial charge in [-0.25, -0.2) is 0 Å². The van der Waals surface area contributed by atoms with Crippen LogP contribution < -0.4 is 10.5 Å². The van der Waals surface area contributed by atoms with Gasteiger partial charge >= 0.3 is 0 Å². The molecule has 1 aliphatic rings. The Morgan fingerprint density at radius 2 is 2.22 bits per heavy atom. The Bertz CT molecular complexity index is 558. The lowest BCUT2D eigenvalue weighted by Gasteiger charge is -2.26. The van der Waals surface area contributed by atoms with Crippen molar-refractivity contribution in [1.29, 1.82) is 0 Å². The van der Waals surface area contributed by atoms with Crippen molar-refractivity contribution < 1.29 is 4.74 Å². The minimum Gasteiger partial charge on any atom is -0.490 e. The van der Waals surface area contributed by atoms with Crippen LogP contribution in [0.2, 0.25) is 0 Å². The van der Waals surface area contributed by atoms with Crippen molar-refractivity contribution in [1.82, 2.24) is 9.78 Å². The summed E-state index contributed by atoms with van der Waals surface area (Å²) in [6.45, 7) is 0. The Hall–Kier alpha value is -1.97. The summed E-state index contributed by atoms with van der Waals surface area (Å²) < 4.78 is 7.57. The zero-order valence-corrected chi connectivity index (χ0v) is 10.5. The van der Waals surface area contributed by atoms with E-state index in [0.717, 1.165) is 16.9 Å². The lowest BCUT2D eigenvalue weighted by Crippen LogP contribution is -2.24. The second kappa shape index (κ2) is 4.37. The fraction of sp³-hybridized carbons (Fsp3) is 0.357. The van der Waals surface area contributed by atoms with Crippen LogP contribution in [0.25, 0.3) is 11.1 Å². The van der Waals surface area contributed by atoms with Gasteiger partial charge in [0.05, 0.1) is 12.3 Å². The molecule has 2 aromatic rings. The molecule has 1 aromatic heterocycles. The first-order chi connectivity index (χ1) is 8.74. The standard InChI is InChI=1S/C14H17N3O/c1-17-14(15)13(9-16-17)10-4-2-7-12(8-10)18-11-5-3-6-11/h2,4,7-9,11H,3,5-6,15H2,1H3. The van der Waals surface area contributed by atoms with Gasteiger partial charge in [-0.3, -0.25) is 4.68 Å². The quantitative estimate of drug-likeness (QED) is 0.901. The maximum absolute atomic E-state index is 5.98. The van der Waals surface area contributed by atoms with E-state index in [9.17, 15) is 0 Å². The van der Waals surface area contributed by atoms with Gasteiger partial charge in [-0.15, -0.1) is 0 Å². The van der Waals surface area contributed by atoms with Gasteiger partial charge < -0.3 is 10.5 Å². The summed E-state index contributed by atoms with van der Waals surface area (Å²) in [5.74, 6) is 1.59. The van der Waals surface area contributed by atoms with Gasteiger partial charge in [0.1, 0.15) is 11.6 Å². The van der Waals surface area contributed by atoms with Crippen LogP contribution in [0, 0.1) is 0 Å². The van der Waals surface area contributed by atoms with E-state index < -0.39 is 0 Å². The van der Waals surface area contributed by atoms with E-state index in [1.54, 1.807) is 10.9 Å². The molecule has 4 heteroatoms. The third kappa shape index (κ3) is 1.94. The fourth-order valence-corrected chi connectivity index (χ4v) is 2.09. The number of hydrogen-bond acceptors (Lipinski definition) is 3. The summed E-state index contributed by atoms with van der Waals surface area (Å²) in [5, 5.41) is 4.16. The van der Waals surface area contributed by atoms with E-state index >= 15 is 0 Å². The van der Waals surface area contributed by atoms with E-state index in [1.807, 2.05) is 31.3 Å². The van der Waals surface area contributed by atoms with Gasteiger partial charge in [-0.1, -0.05) is 12.1 Å². The zero-order valence-electron chi connectivity index (χ0n) is 10.5. The number of benzene rings is 1. The Labute approximate surface area is 106 Å². The number of anilines is 1. The number of nitrogen functional groups attached to an aromatic ring is 1. The molecule has 1 heterocycles. The van der Waals surface area contributed by atoms with Crippen LogP contribution in [-0.2, 0) is 7.05 Å². The van der Waals surface area contributed by atoms with Crippen molar-refractivity contribution in [2.75, 3.05) is 5.73 Å². The SMILES string of the molecule is Cn1ncc(-c2cccc(OC3CCC3)c2)c1N. The van der Waals surface area contributed by atoms with Gasteiger partial charge in [-0.05, 0) is 37.0 Å². The highest BCUT2D eigenvalue weighted by Crippen LogP contribution is 2.30. The van der Waals surface area contributed by atoms with Crippen LogP contribution in [0.4, 0.5) is 5.82 Å². The van der Waals surface area contributed by atoms with Crippen LogP contribution in [0.15, 0.2) is 30.5 Å². The second-order valence-electron chi connectivity index (χ2n) is 4.77. The van der Waals surface area contributed by atoms with E-state index in [-0.39, 0.29) is 0 Å². The topological polar surface area (TPSA) is 53.1 Å². The molecule has 1 aliphatic carbocycles. The molecule has 0 bridgehead atoms. The lowest BCUT2D eigenvalue weighted by molar-refractivity contribution is 0.120. The van der Waals surface area contributed by atoms with Crippen LogP contribution in [0.1, 0.15) is 19.3 Å². The molecule has 0 aliphatic heterocycles. The van der Waals surface area contributed by atoms with E-state index in [2.05, 4.69) is 5.10 Å². The number of aromatic nitrogens is 2. The van der Waals surface area contributed by atoms with E-state index in [0.29, 0.717) is 11.9 Å². The summed E-state index contributed by atoms with van der Waals surface area (Å²) in [6, 6.07) is 8.05. The van der Waals surface area contributed by atoms with Gasteiger partial charge in [-0.2, -0.15) is 5.10 Å². The van der Waals surface area contributed by atoms with Crippen molar-refractivity contribution >= 4 is 5.82 Å². The summed E-state index contributed by atoms with van der Waals surface area (Å²) in [5.41, 5.74) is 7.99. The Kier molecular flexibility index (Phi) is 2.70. The molecular formula is C14H17N3O. The van der Waals surface area contributed by atoms with Crippen LogP contribution >= 0.6 is 0 Å². The van der Waals surface area contributed by atoms with E-state index in [4.69, 9.17) is 10.5 Å². The minimum atomic E-state index is 0.395. The molecule has 0 unspecified atom stereocenters. The summed E-state index contributed by atoms with van der Waals surface area (Å²) >= 11 is 0. The van der Waals surface area contributed by atoms with E-state index in [1.165, 1.54) is 19.3 Å². The highest BCUT2D eigenvalue weighted by molar-refractivity contribution is 5.74. The molecule has 94 valence electrons. The van der Waals surface area contributed by atoms with Crippen molar-refractivity contribution in [3.63, 3.8) is 0 Å². The highest BCUT2D eigenvalue weighted by atomic mass is 16.5.